The minimum Gasteiger partial charge on any atom is -0.344 e. The first-order chi connectivity index (χ1) is 9.76. The molecule has 1 aliphatic heterocycles. The van der Waals surface area contributed by atoms with E-state index in [-0.39, 0.29) is 18.7 Å². The second-order valence-corrected chi connectivity index (χ2v) is 5.25. The van der Waals surface area contributed by atoms with Crippen molar-refractivity contribution >= 4 is 23.8 Å². The van der Waals surface area contributed by atoms with Crippen LogP contribution < -0.4 is 5.32 Å². The van der Waals surface area contributed by atoms with Gasteiger partial charge in [-0.15, -0.1) is 0 Å². The first kappa shape index (κ1) is 17.1. The predicted octanol–water partition coefficient (Wildman–Crippen LogP) is 0.738. The molecule has 21 heavy (non-hydrogen) atoms. The van der Waals surface area contributed by atoms with Crippen molar-refractivity contribution in [1.29, 1.82) is 0 Å². The Morgan fingerprint density at radius 2 is 1.76 bits per heavy atom. The van der Waals surface area contributed by atoms with Crippen LogP contribution in [0.2, 0.25) is 0 Å². The average molecular weight is 297 g/mol. The van der Waals surface area contributed by atoms with Gasteiger partial charge in [-0.3, -0.25) is 24.6 Å². The number of nitrogens with zero attached hydrogens (tertiary/aromatic N) is 2. The zero-order valence-electron chi connectivity index (χ0n) is 13.2. The number of rotatable bonds is 5. The number of likely N-dealkylation sites (N-methyl/N-ethyl adjacent to an activating group) is 1. The summed E-state index contributed by atoms with van der Waals surface area (Å²) in [6.45, 7) is 7.21. The lowest BCUT2D eigenvalue weighted by Crippen LogP contribution is -2.67. The molecule has 1 aliphatic rings. The number of hydrogen-bond donors (Lipinski definition) is 1. The molecule has 0 aliphatic carbocycles. The average Bonchev–Trinajstić information content (AvgIpc) is 2.46. The quantitative estimate of drug-likeness (QED) is 0.758. The summed E-state index contributed by atoms with van der Waals surface area (Å²) in [6.07, 6.45) is 0.560. The molecule has 1 rings (SSSR count). The number of carbonyl (C=O) groups excluding carboxylic acids is 4. The summed E-state index contributed by atoms with van der Waals surface area (Å²) in [4.78, 5) is 51.2. The Bertz CT molecular complexity index is 471. The van der Waals surface area contributed by atoms with E-state index in [1.54, 1.807) is 27.8 Å². The van der Waals surface area contributed by atoms with Crippen LogP contribution in [0, 0.1) is 5.41 Å². The van der Waals surface area contributed by atoms with Crippen LogP contribution in [-0.2, 0) is 14.4 Å². The second-order valence-electron chi connectivity index (χ2n) is 5.25. The number of carbonyl (C=O) groups is 4. The Morgan fingerprint density at radius 3 is 2.19 bits per heavy atom. The number of imide groups is 2. The van der Waals surface area contributed by atoms with Gasteiger partial charge >= 0.3 is 6.03 Å². The van der Waals surface area contributed by atoms with E-state index in [1.165, 1.54) is 11.8 Å². The molecule has 1 atom stereocenters. The molecular formula is C14H23N3O4. The van der Waals surface area contributed by atoms with E-state index in [0.29, 0.717) is 6.54 Å². The Balaban J connectivity index is 3.17. The van der Waals surface area contributed by atoms with Gasteiger partial charge in [0.05, 0.1) is 0 Å². The zero-order valence-corrected chi connectivity index (χ0v) is 13.2. The van der Waals surface area contributed by atoms with Gasteiger partial charge in [0.15, 0.2) is 0 Å². The molecule has 1 unspecified atom stereocenters. The maximum Gasteiger partial charge on any atom is 0.331 e. The van der Waals surface area contributed by atoms with Crippen LogP contribution in [0.4, 0.5) is 4.79 Å². The third-order valence-corrected chi connectivity index (χ3v) is 4.30. The number of urea groups is 1. The van der Waals surface area contributed by atoms with E-state index < -0.39 is 29.3 Å². The minimum absolute atomic E-state index is 0.280. The van der Waals surface area contributed by atoms with E-state index in [1.807, 2.05) is 0 Å². The van der Waals surface area contributed by atoms with Gasteiger partial charge in [0.1, 0.15) is 11.5 Å². The number of hydrogen-bond acceptors (Lipinski definition) is 4. The molecular weight excluding hydrogens is 274 g/mol. The zero-order chi connectivity index (χ0) is 16.4. The molecule has 0 aromatic heterocycles. The van der Waals surface area contributed by atoms with Gasteiger partial charge in [-0.2, -0.15) is 0 Å². The maximum atomic E-state index is 12.7. The molecule has 0 radical (unpaired) electrons. The van der Waals surface area contributed by atoms with Gasteiger partial charge in [-0.1, -0.05) is 13.8 Å². The van der Waals surface area contributed by atoms with Crippen molar-refractivity contribution in [2.45, 2.75) is 46.6 Å². The molecule has 0 aromatic rings. The summed E-state index contributed by atoms with van der Waals surface area (Å²) >= 11 is 0. The fraction of sp³-hybridized carbons (Fsp3) is 0.714. The Hall–Kier alpha value is -1.92. The van der Waals surface area contributed by atoms with Crippen LogP contribution in [0.25, 0.3) is 0 Å². The first-order valence-electron chi connectivity index (χ1n) is 7.20. The van der Waals surface area contributed by atoms with E-state index in [4.69, 9.17) is 0 Å². The summed E-state index contributed by atoms with van der Waals surface area (Å²) in [7, 11) is 1.60. The lowest BCUT2D eigenvalue weighted by atomic mass is 9.78. The molecule has 0 spiro atoms. The van der Waals surface area contributed by atoms with Crippen LogP contribution in [0.15, 0.2) is 0 Å². The summed E-state index contributed by atoms with van der Waals surface area (Å²) in [5.41, 5.74) is -1.27. The van der Waals surface area contributed by atoms with Crippen LogP contribution in [0.5, 0.6) is 0 Å². The van der Waals surface area contributed by atoms with Crippen LogP contribution in [-0.4, -0.2) is 53.2 Å². The summed E-state index contributed by atoms with van der Waals surface area (Å²) in [5, 5.41) is 2.20. The highest BCUT2D eigenvalue weighted by Gasteiger charge is 2.53. The van der Waals surface area contributed by atoms with Crippen LogP contribution in [0.3, 0.4) is 0 Å². The SMILES string of the molecule is CCN(C)C(=O)C(C)N1C(=O)NC(=O)C(CC)(CC)C1=O. The third kappa shape index (κ3) is 2.64. The Morgan fingerprint density at radius 1 is 1.24 bits per heavy atom. The van der Waals surface area contributed by atoms with Gasteiger partial charge in [0.2, 0.25) is 17.7 Å². The largest absolute Gasteiger partial charge is 0.344 e. The number of amides is 5. The highest BCUT2D eigenvalue weighted by molar-refractivity contribution is 6.20. The van der Waals surface area contributed by atoms with Crippen LogP contribution >= 0.6 is 0 Å². The molecule has 5 amide bonds. The molecule has 1 fully saturated rings. The van der Waals surface area contributed by atoms with E-state index >= 15 is 0 Å². The number of barbiturate groups is 1. The van der Waals surface area contributed by atoms with Crippen molar-refractivity contribution in [3.05, 3.63) is 0 Å². The van der Waals surface area contributed by atoms with Gasteiger partial charge < -0.3 is 4.90 Å². The molecule has 0 bridgehead atoms. The summed E-state index contributed by atoms with van der Waals surface area (Å²) in [6, 6.07) is -1.76. The van der Waals surface area contributed by atoms with Crippen molar-refractivity contribution in [1.82, 2.24) is 15.1 Å². The van der Waals surface area contributed by atoms with Crippen molar-refractivity contribution in [2.75, 3.05) is 13.6 Å². The molecule has 1 heterocycles. The molecule has 118 valence electrons. The van der Waals surface area contributed by atoms with Gasteiger partial charge in [0.25, 0.3) is 0 Å². The van der Waals surface area contributed by atoms with Crippen molar-refractivity contribution in [3.8, 4) is 0 Å². The molecule has 0 aromatic carbocycles. The van der Waals surface area contributed by atoms with E-state index in [2.05, 4.69) is 5.32 Å². The topological polar surface area (TPSA) is 86.8 Å². The lowest BCUT2D eigenvalue weighted by molar-refractivity contribution is -0.157. The third-order valence-electron chi connectivity index (χ3n) is 4.30. The Labute approximate surface area is 124 Å². The van der Waals surface area contributed by atoms with Crippen LogP contribution in [0.1, 0.15) is 40.5 Å². The lowest BCUT2D eigenvalue weighted by Gasteiger charge is -2.40. The monoisotopic (exact) mass is 297 g/mol. The standard InChI is InChI=1S/C14H23N3O4/c1-6-14(7-2)11(19)15-13(21)17(12(14)20)9(4)10(18)16(5)8-3/h9H,6-8H2,1-5H3,(H,15,19,21). The van der Waals surface area contributed by atoms with Gasteiger partial charge in [0, 0.05) is 13.6 Å². The van der Waals surface area contributed by atoms with Crippen molar-refractivity contribution in [2.24, 2.45) is 5.41 Å². The Kier molecular flexibility index (Phi) is 5.09. The summed E-state index contributed by atoms with van der Waals surface area (Å²) in [5.74, 6) is -1.51. The molecule has 1 saturated heterocycles. The summed E-state index contributed by atoms with van der Waals surface area (Å²) < 4.78 is 0. The highest BCUT2D eigenvalue weighted by Crippen LogP contribution is 2.33. The second kappa shape index (κ2) is 6.24. The smallest absolute Gasteiger partial charge is 0.331 e. The van der Waals surface area contributed by atoms with Crippen molar-refractivity contribution in [3.63, 3.8) is 0 Å². The molecule has 7 nitrogen and oxygen atoms in total. The van der Waals surface area contributed by atoms with E-state index in [0.717, 1.165) is 4.90 Å². The predicted molar refractivity (Wildman–Crippen MR) is 76.2 cm³/mol. The fourth-order valence-corrected chi connectivity index (χ4v) is 2.51. The van der Waals surface area contributed by atoms with Crippen molar-refractivity contribution < 1.29 is 19.2 Å². The fourth-order valence-electron chi connectivity index (χ4n) is 2.51. The first-order valence-corrected chi connectivity index (χ1v) is 7.20. The molecule has 1 N–H and O–H groups in total. The molecule has 7 heteroatoms. The molecule has 0 saturated carbocycles. The van der Waals surface area contributed by atoms with Gasteiger partial charge in [-0.25, -0.2) is 4.79 Å². The van der Waals surface area contributed by atoms with E-state index in [9.17, 15) is 19.2 Å². The minimum atomic E-state index is -1.27. The normalized spacial score (nSPS) is 19.3. The van der Waals surface area contributed by atoms with Gasteiger partial charge in [-0.05, 0) is 26.7 Å². The number of nitrogens with one attached hydrogen (secondary N) is 1. The maximum absolute atomic E-state index is 12.7. The highest BCUT2D eigenvalue weighted by atomic mass is 16.2.